The van der Waals surface area contributed by atoms with Crippen molar-refractivity contribution in [2.45, 2.75) is 63.7 Å². The van der Waals surface area contributed by atoms with Crippen LogP contribution in [0, 0.1) is 0 Å². The van der Waals surface area contributed by atoms with Gasteiger partial charge in [-0.25, -0.2) is 4.98 Å². The minimum absolute atomic E-state index is 0. The summed E-state index contributed by atoms with van der Waals surface area (Å²) in [4.78, 5) is 8.61. The van der Waals surface area contributed by atoms with E-state index < -0.39 is 0 Å². The molecule has 2 aliphatic rings. The van der Waals surface area contributed by atoms with Crippen LogP contribution in [0.1, 0.15) is 50.5 Å². The van der Waals surface area contributed by atoms with Gasteiger partial charge in [0.05, 0.1) is 12.7 Å². The van der Waals surface area contributed by atoms with Gasteiger partial charge in [-0.3, -0.25) is 4.99 Å². The predicted molar refractivity (Wildman–Crippen MR) is 125 cm³/mol. The van der Waals surface area contributed by atoms with E-state index in [-0.39, 0.29) is 24.0 Å². The Bertz CT molecular complexity index is 605. The highest BCUT2D eigenvalue weighted by Crippen LogP contribution is 2.23. The third-order valence-electron chi connectivity index (χ3n) is 5.16. The van der Waals surface area contributed by atoms with Gasteiger partial charge in [-0.1, -0.05) is 0 Å². The van der Waals surface area contributed by atoms with Gasteiger partial charge in [-0.05, 0) is 56.6 Å². The summed E-state index contributed by atoms with van der Waals surface area (Å²) in [6, 6.07) is 4.01. The number of hydrogen-bond acceptors (Lipinski definition) is 5. The van der Waals surface area contributed by atoms with E-state index in [0.29, 0.717) is 25.4 Å². The van der Waals surface area contributed by atoms with Crippen LogP contribution in [0.5, 0.6) is 5.88 Å². The number of nitrogens with one attached hydrogen (secondary N) is 2. The predicted octanol–water partition coefficient (Wildman–Crippen LogP) is 3.27. The lowest BCUT2D eigenvalue weighted by molar-refractivity contribution is 0.0168. The van der Waals surface area contributed by atoms with Crippen molar-refractivity contribution in [2.75, 3.05) is 33.4 Å². The molecule has 7 nitrogen and oxygen atoms in total. The van der Waals surface area contributed by atoms with Gasteiger partial charge in [-0.2, -0.15) is 0 Å². The number of aromatic nitrogens is 1. The molecule has 1 aliphatic carbocycles. The maximum absolute atomic E-state index is 5.98. The molecule has 1 saturated heterocycles. The summed E-state index contributed by atoms with van der Waals surface area (Å²) in [7, 11) is 1.78. The molecule has 164 valence electrons. The fourth-order valence-electron chi connectivity index (χ4n) is 3.58. The monoisotopic (exact) mass is 518 g/mol. The van der Waals surface area contributed by atoms with E-state index in [4.69, 9.17) is 14.2 Å². The first kappa shape index (κ1) is 24.1. The lowest BCUT2D eigenvalue weighted by Gasteiger charge is -2.14. The Morgan fingerprint density at radius 2 is 2.10 bits per heavy atom. The Kier molecular flexibility index (Phi) is 11.6. The van der Waals surface area contributed by atoms with E-state index in [1.54, 1.807) is 7.05 Å². The van der Waals surface area contributed by atoms with E-state index >= 15 is 0 Å². The summed E-state index contributed by atoms with van der Waals surface area (Å²) in [5.41, 5.74) is 1.13. The highest BCUT2D eigenvalue weighted by atomic mass is 127. The third kappa shape index (κ3) is 9.04. The van der Waals surface area contributed by atoms with E-state index in [9.17, 15) is 0 Å². The summed E-state index contributed by atoms with van der Waals surface area (Å²) < 4.78 is 17.2. The molecule has 2 heterocycles. The quantitative estimate of drug-likeness (QED) is 0.214. The van der Waals surface area contributed by atoms with Crippen molar-refractivity contribution in [3.63, 3.8) is 0 Å². The van der Waals surface area contributed by atoms with Gasteiger partial charge >= 0.3 is 0 Å². The van der Waals surface area contributed by atoms with Gasteiger partial charge in [0.2, 0.25) is 5.88 Å². The Morgan fingerprint density at radius 1 is 1.24 bits per heavy atom. The number of nitrogens with zero attached hydrogens (tertiary/aromatic N) is 2. The molecule has 8 heteroatoms. The number of pyridine rings is 1. The zero-order valence-corrected chi connectivity index (χ0v) is 19.7. The van der Waals surface area contributed by atoms with Crippen molar-refractivity contribution in [2.24, 2.45) is 4.99 Å². The molecule has 1 unspecified atom stereocenters. The van der Waals surface area contributed by atoms with Crippen molar-refractivity contribution in [3.05, 3.63) is 23.9 Å². The van der Waals surface area contributed by atoms with Crippen molar-refractivity contribution < 1.29 is 14.2 Å². The number of rotatable bonds is 10. The molecule has 1 aliphatic heterocycles. The molecule has 0 bridgehead atoms. The smallest absolute Gasteiger partial charge is 0.213 e. The van der Waals surface area contributed by atoms with Crippen LogP contribution in [0.4, 0.5) is 0 Å². The van der Waals surface area contributed by atoms with Crippen LogP contribution < -0.4 is 15.4 Å². The summed E-state index contributed by atoms with van der Waals surface area (Å²) in [6.45, 7) is 3.82. The van der Waals surface area contributed by atoms with Crippen molar-refractivity contribution >= 4 is 29.9 Å². The van der Waals surface area contributed by atoms with Crippen molar-refractivity contribution in [3.8, 4) is 5.88 Å². The second-order valence-corrected chi connectivity index (χ2v) is 7.44. The molecule has 0 spiro atoms. The standard InChI is InChI=1S/C21H34N4O3.HI/c1-22-21(24-10-5-12-26-16-19-8-4-13-27-19)25-15-17-9-11-23-20(14-17)28-18-6-2-3-7-18;/h9,11,14,18-19H,2-8,10,12-13,15-16H2,1H3,(H2,22,24,25);1H. The zero-order valence-electron chi connectivity index (χ0n) is 17.4. The van der Waals surface area contributed by atoms with E-state index in [1.165, 1.54) is 12.8 Å². The average molecular weight is 518 g/mol. The molecule has 0 amide bonds. The minimum Gasteiger partial charge on any atom is -0.474 e. The fraction of sp³-hybridized carbons (Fsp3) is 0.714. The minimum atomic E-state index is 0. The molecule has 0 aromatic carbocycles. The largest absolute Gasteiger partial charge is 0.474 e. The molecule has 2 fully saturated rings. The molecule has 1 aromatic rings. The molecular formula is C21H35IN4O3. The maximum atomic E-state index is 5.98. The average Bonchev–Trinajstić information content (AvgIpc) is 3.41. The fourth-order valence-corrected chi connectivity index (χ4v) is 3.58. The third-order valence-corrected chi connectivity index (χ3v) is 5.16. The molecule has 0 radical (unpaired) electrons. The summed E-state index contributed by atoms with van der Waals surface area (Å²) in [5.74, 6) is 1.51. The Hall–Kier alpha value is -1.13. The molecular weight excluding hydrogens is 483 g/mol. The van der Waals surface area contributed by atoms with Crippen molar-refractivity contribution in [1.82, 2.24) is 15.6 Å². The summed E-state index contributed by atoms with van der Waals surface area (Å²) in [6.07, 6.45) is 10.4. The van der Waals surface area contributed by atoms with Crippen LogP contribution in [0.25, 0.3) is 0 Å². The number of halogens is 1. The van der Waals surface area contributed by atoms with Gasteiger partial charge in [0.15, 0.2) is 5.96 Å². The van der Waals surface area contributed by atoms with Crippen LogP contribution in [-0.2, 0) is 16.0 Å². The first-order valence-electron chi connectivity index (χ1n) is 10.6. The van der Waals surface area contributed by atoms with Gasteiger partial charge in [0.25, 0.3) is 0 Å². The lowest BCUT2D eigenvalue weighted by Crippen LogP contribution is -2.37. The first-order valence-corrected chi connectivity index (χ1v) is 10.6. The van der Waals surface area contributed by atoms with Crippen LogP contribution >= 0.6 is 24.0 Å². The lowest BCUT2D eigenvalue weighted by atomic mass is 10.2. The van der Waals surface area contributed by atoms with Crippen LogP contribution in [0.15, 0.2) is 23.3 Å². The molecule has 1 aromatic heterocycles. The Morgan fingerprint density at radius 3 is 2.86 bits per heavy atom. The number of ether oxygens (including phenoxy) is 3. The van der Waals surface area contributed by atoms with Gasteiger partial charge in [0.1, 0.15) is 6.10 Å². The Labute approximate surface area is 191 Å². The van der Waals surface area contributed by atoms with Gasteiger partial charge in [0, 0.05) is 45.6 Å². The number of hydrogen-bond donors (Lipinski definition) is 2. The van der Waals surface area contributed by atoms with Gasteiger partial charge < -0.3 is 24.8 Å². The molecule has 1 saturated carbocycles. The molecule has 29 heavy (non-hydrogen) atoms. The topological polar surface area (TPSA) is 77.0 Å². The van der Waals surface area contributed by atoms with Crippen LogP contribution in [0.3, 0.4) is 0 Å². The SMILES string of the molecule is CN=C(NCCCOCC1CCCO1)NCc1ccnc(OC2CCCC2)c1.I. The van der Waals surface area contributed by atoms with E-state index in [2.05, 4.69) is 20.6 Å². The van der Waals surface area contributed by atoms with Crippen LogP contribution in [0.2, 0.25) is 0 Å². The molecule has 3 rings (SSSR count). The summed E-state index contributed by atoms with van der Waals surface area (Å²) in [5, 5.41) is 6.66. The van der Waals surface area contributed by atoms with Gasteiger partial charge in [-0.15, -0.1) is 24.0 Å². The summed E-state index contributed by atoms with van der Waals surface area (Å²) >= 11 is 0. The zero-order chi connectivity index (χ0) is 19.4. The first-order chi connectivity index (χ1) is 13.8. The van der Waals surface area contributed by atoms with E-state index in [1.807, 2.05) is 18.3 Å². The normalized spacial score (nSPS) is 19.8. The van der Waals surface area contributed by atoms with Crippen LogP contribution in [-0.4, -0.2) is 56.6 Å². The maximum Gasteiger partial charge on any atom is 0.213 e. The Balaban J connectivity index is 0.00000300. The number of aliphatic imine (C=N–C) groups is 1. The molecule has 1 atom stereocenters. The number of guanidine groups is 1. The highest BCUT2D eigenvalue weighted by molar-refractivity contribution is 14.0. The second kappa shape index (κ2) is 14.0. The second-order valence-electron chi connectivity index (χ2n) is 7.44. The molecule has 2 N–H and O–H groups in total. The van der Waals surface area contributed by atoms with Crippen molar-refractivity contribution in [1.29, 1.82) is 0 Å². The van der Waals surface area contributed by atoms with E-state index in [0.717, 1.165) is 69.3 Å². The highest BCUT2D eigenvalue weighted by Gasteiger charge is 2.17.